The Morgan fingerprint density at radius 1 is 1.28 bits per heavy atom. The maximum absolute atomic E-state index is 13.7. The monoisotopic (exact) mass is 344 g/mol. The van der Waals surface area contributed by atoms with Crippen molar-refractivity contribution in [2.75, 3.05) is 6.54 Å². The van der Waals surface area contributed by atoms with Gasteiger partial charge in [-0.2, -0.15) is 0 Å². The van der Waals surface area contributed by atoms with E-state index in [1.165, 1.54) is 6.07 Å². The van der Waals surface area contributed by atoms with Gasteiger partial charge < -0.3 is 14.6 Å². The third-order valence-corrected chi connectivity index (χ3v) is 4.83. The molecule has 132 valence electrons. The van der Waals surface area contributed by atoms with Crippen molar-refractivity contribution in [1.82, 2.24) is 20.1 Å². The molecule has 25 heavy (non-hydrogen) atoms. The Labute approximate surface area is 145 Å². The second kappa shape index (κ2) is 6.46. The smallest absolute Gasteiger partial charge is 0.264 e. The molecule has 1 amide bonds. The van der Waals surface area contributed by atoms with Gasteiger partial charge in [-0.05, 0) is 25.0 Å². The minimum Gasteiger partial charge on any atom is -0.474 e. The molecule has 1 aliphatic heterocycles. The highest BCUT2D eigenvalue weighted by Crippen LogP contribution is 2.41. The maximum Gasteiger partial charge on any atom is 0.264 e. The van der Waals surface area contributed by atoms with Crippen molar-refractivity contribution in [1.29, 1.82) is 0 Å². The van der Waals surface area contributed by atoms with E-state index in [0.717, 1.165) is 37.5 Å². The van der Waals surface area contributed by atoms with Crippen LogP contribution in [0, 0.1) is 5.82 Å². The summed E-state index contributed by atoms with van der Waals surface area (Å²) in [6.45, 7) is 1.42. The van der Waals surface area contributed by atoms with E-state index in [-0.39, 0.29) is 11.7 Å². The Morgan fingerprint density at radius 2 is 2.12 bits per heavy atom. The zero-order chi connectivity index (χ0) is 17.3. The van der Waals surface area contributed by atoms with Crippen LogP contribution in [0.2, 0.25) is 0 Å². The molecule has 0 atom stereocenters. The highest BCUT2D eigenvalue weighted by molar-refractivity contribution is 5.88. The zero-order valence-electron chi connectivity index (χ0n) is 14.0. The summed E-state index contributed by atoms with van der Waals surface area (Å²) in [5.74, 6) is 1.44. The number of halogens is 1. The lowest BCUT2D eigenvalue weighted by Crippen LogP contribution is -2.41. The number of benzene rings is 1. The molecule has 7 heteroatoms. The van der Waals surface area contributed by atoms with Gasteiger partial charge in [-0.15, -0.1) is 10.2 Å². The number of aryl methyl sites for hydroxylation is 1. The van der Waals surface area contributed by atoms with Crippen molar-refractivity contribution in [3.8, 4) is 5.75 Å². The second-order valence-electron chi connectivity index (χ2n) is 6.67. The number of para-hydroxylation sites is 1. The summed E-state index contributed by atoms with van der Waals surface area (Å²) >= 11 is 0. The number of hydrogen-bond acceptors (Lipinski definition) is 4. The average Bonchev–Trinajstić information content (AvgIpc) is 3.30. The third kappa shape index (κ3) is 3.23. The molecule has 1 aromatic carbocycles. The van der Waals surface area contributed by atoms with Crippen molar-refractivity contribution in [3.63, 3.8) is 0 Å². The molecule has 0 saturated heterocycles. The molecule has 4 rings (SSSR count). The normalized spacial score (nSPS) is 17.6. The summed E-state index contributed by atoms with van der Waals surface area (Å²) in [5.41, 5.74) is -0.924. The lowest BCUT2D eigenvalue weighted by molar-refractivity contribution is -0.129. The van der Waals surface area contributed by atoms with Crippen LogP contribution < -0.4 is 10.1 Å². The lowest BCUT2D eigenvalue weighted by atomic mass is 10.1. The molecule has 6 nitrogen and oxygen atoms in total. The number of nitrogens with zero attached hydrogens (tertiary/aromatic N) is 3. The minimum absolute atomic E-state index is 0.127. The Morgan fingerprint density at radius 3 is 2.92 bits per heavy atom. The summed E-state index contributed by atoms with van der Waals surface area (Å²) in [6.07, 6.45) is 5.11. The molecule has 1 N–H and O–H groups in total. The highest BCUT2D eigenvalue weighted by Gasteiger charge is 2.53. The van der Waals surface area contributed by atoms with Crippen LogP contribution in [-0.2, 0) is 24.2 Å². The SMILES string of the molecule is O=C(NCCc1nnc2n1CCCC2)C1(Oc2ccccc2F)CC1. The van der Waals surface area contributed by atoms with Crippen LogP contribution in [0.25, 0.3) is 0 Å². The first-order valence-corrected chi connectivity index (χ1v) is 8.81. The first-order chi connectivity index (χ1) is 12.2. The van der Waals surface area contributed by atoms with Crippen LogP contribution in [0.1, 0.15) is 37.3 Å². The van der Waals surface area contributed by atoms with E-state index >= 15 is 0 Å². The minimum atomic E-state index is -0.924. The van der Waals surface area contributed by atoms with E-state index < -0.39 is 11.4 Å². The summed E-state index contributed by atoms with van der Waals surface area (Å²) in [6, 6.07) is 6.17. The van der Waals surface area contributed by atoms with Gasteiger partial charge in [0.2, 0.25) is 0 Å². The van der Waals surface area contributed by atoms with Crippen molar-refractivity contribution in [3.05, 3.63) is 41.7 Å². The van der Waals surface area contributed by atoms with Crippen molar-refractivity contribution >= 4 is 5.91 Å². The lowest BCUT2D eigenvalue weighted by Gasteiger charge is -2.18. The summed E-state index contributed by atoms with van der Waals surface area (Å²) in [7, 11) is 0. The largest absolute Gasteiger partial charge is 0.474 e. The molecule has 1 saturated carbocycles. The van der Waals surface area contributed by atoms with Crippen LogP contribution in [-0.4, -0.2) is 32.8 Å². The third-order valence-electron chi connectivity index (χ3n) is 4.83. The predicted octanol–water partition coefficient (Wildman–Crippen LogP) is 2.02. The fourth-order valence-corrected chi connectivity index (χ4v) is 3.23. The molecule has 1 fully saturated rings. The van der Waals surface area contributed by atoms with Gasteiger partial charge in [0.25, 0.3) is 5.91 Å². The average molecular weight is 344 g/mol. The predicted molar refractivity (Wildman–Crippen MR) is 88.7 cm³/mol. The van der Waals surface area contributed by atoms with Crippen LogP contribution in [0.3, 0.4) is 0 Å². The first-order valence-electron chi connectivity index (χ1n) is 8.81. The topological polar surface area (TPSA) is 69.0 Å². The van der Waals surface area contributed by atoms with E-state index in [9.17, 15) is 9.18 Å². The van der Waals surface area contributed by atoms with Crippen LogP contribution in [0.4, 0.5) is 4.39 Å². The molecule has 0 unspecified atom stereocenters. The summed E-state index contributed by atoms with van der Waals surface area (Å²) in [5, 5.41) is 11.4. The molecule has 0 spiro atoms. The quantitative estimate of drug-likeness (QED) is 0.870. The Bertz CT molecular complexity index is 785. The van der Waals surface area contributed by atoms with Crippen LogP contribution >= 0.6 is 0 Å². The number of nitrogens with one attached hydrogen (secondary N) is 1. The molecule has 2 heterocycles. The van der Waals surface area contributed by atoms with Crippen molar-refractivity contribution in [2.45, 2.75) is 50.7 Å². The number of aromatic nitrogens is 3. The zero-order valence-corrected chi connectivity index (χ0v) is 14.0. The highest BCUT2D eigenvalue weighted by atomic mass is 19.1. The van der Waals surface area contributed by atoms with Gasteiger partial charge in [-0.25, -0.2) is 4.39 Å². The number of carbonyl (C=O) groups is 1. The first kappa shape index (κ1) is 16.1. The fourth-order valence-electron chi connectivity index (χ4n) is 3.23. The maximum atomic E-state index is 13.7. The van der Waals surface area contributed by atoms with Gasteiger partial charge in [0.1, 0.15) is 11.6 Å². The second-order valence-corrected chi connectivity index (χ2v) is 6.67. The fraction of sp³-hybridized carbons (Fsp3) is 0.500. The number of ether oxygens (including phenoxy) is 1. The standard InChI is InChI=1S/C18H21FN4O2/c19-13-5-1-2-6-14(13)25-18(9-10-18)17(24)20-11-8-16-22-21-15-7-3-4-12-23(15)16/h1-2,5-6H,3-4,7-12H2,(H,20,24). The van der Waals surface area contributed by atoms with Gasteiger partial charge in [-0.3, -0.25) is 4.79 Å². The molecule has 0 radical (unpaired) electrons. The molecular weight excluding hydrogens is 323 g/mol. The Kier molecular flexibility index (Phi) is 4.15. The van der Waals surface area contributed by atoms with Gasteiger partial charge in [0.15, 0.2) is 17.2 Å². The number of amides is 1. The molecule has 0 bridgehead atoms. The van der Waals surface area contributed by atoms with Gasteiger partial charge in [-0.1, -0.05) is 12.1 Å². The Hall–Kier alpha value is -2.44. The van der Waals surface area contributed by atoms with E-state index in [0.29, 0.717) is 25.8 Å². The molecule has 2 aromatic rings. The van der Waals surface area contributed by atoms with Crippen LogP contribution in [0.15, 0.2) is 24.3 Å². The number of carbonyl (C=O) groups excluding carboxylic acids is 1. The van der Waals surface area contributed by atoms with Crippen molar-refractivity contribution < 1.29 is 13.9 Å². The molecule has 2 aliphatic rings. The molecular formula is C18H21FN4O2. The number of rotatable bonds is 6. The van der Waals surface area contributed by atoms with Gasteiger partial charge in [0, 0.05) is 38.8 Å². The number of fused-ring (bicyclic) bond motifs is 1. The molecule has 1 aliphatic carbocycles. The van der Waals surface area contributed by atoms with E-state index in [2.05, 4.69) is 20.1 Å². The van der Waals surface area contributed by atoms with E-state index in [4.69, 9.17) is 4.74 Å². The van der Waals surface area contributed by atoms with E-state index in [1.54, 1.807) is 18.2 Å². The van der Waals surface area contributed by atoms with E-state index in [1.807, 2.05) is 0 Å². The van der Waals surface area contributed by atoms with Crippen LogP contribution in [0.5, 0.6) is 5.75 Å². The molecule has 1 aromatic heterocycles. The van der Waals surface area contributed by atoms with Gasteiger partial charge >= 0.3 is 0 Å². The summed E-state index contributed by atoms with van der Waals surface area (Å²) in [4.78, 5) is 12.5. The number of hydrogen-bond donors (Lipinski definition) is 1. The van der Waals surface area contributed by atoms with Gasteiger partial charge in [0.05, 0.1) is 0 Å². The summed E-state index contributed by atoms with van der Waals surface area (Å²) < 4.78 is 21.5. The van der Waals surface area contributed by atoms with Crippen molar-refractivity contribution in [2.24, 2.45) is 0 Å². The Balaban J connectivity index is 1.33.